The summed E-state index contributed by atoms with van der Waals surface area (Å²) in [6.07, 6.45) is 4.92. The van der Waals surface area contributed by atoms with Gasteiger partial charge in [-0.25, -0.2) is 28.3 Å². The molecule has 2 aliphatic heterocycles. The van der Waals surface area contributed by atoms with Crippen molar-refractivity contribution >= 4 is 24.0 Å². The van der Waals surface area contributed by atoms with E-state index >= 15 is 0 Å². The monoisotopic (exact) mass is 828 g/mol. The molecule has 2 aromatic heterocycles. The number of carbonyl (C=O) groups is 4. The van der Waals surface area contributed by atoms with Crippen molar-refractivity contribution in [3.8, 4) is 33.6 Å². The van der Waals surface area contributed by atoms with E-state index in [0.717, 1.165) is 46.5 Å². The minimum absolute atomic E-state index is 0.124. The second-order valence-electron chi connectivity index (χ2n) is 16.5. The minimum atomic E-state index is -2.77. The van der Waals surface area contributed by atoms with Crippen LogP contribution >= 0.6 is 0 Å². The number of imidazole rings is 2. The van der Waals surface area contributed by atoms with Crippen LogP contribution in [0.1, 0.15) is 102 Å². The summed E-state index contributed by atoms with van der Waals surface area (Å²) in [6.45, 7) is 6.14. The SMILES string of the molecule is CC[C@H](NC(=O)OC)C(=O)N1C(c2ncc(-c3ccc(-c4ccc(-c5cnc(C6CCCN6C(=O)[C@@H](NC(=O)OC)C(C)C)[nH]5)cc4)cc3)[nH]2)CCC12CCC(F)(F)CC2. The van der Waals surface area contributed by atoms with Crippen molar-refractivity contribution in [3.63, 3.8) is 0 Å². The molecule has 60 heavy (non-hydrogen) atoms. The number of H-pyrrole nitrogens is 2. The summed E-state index contributed by atoms with van der Waals surface area (Å²) < 4.78 is 38.3. The average Bonchev–Trinajstić information content (AvgIpc) is 4.09. The van der Waals surface area contributed by atoms with E-state index < -0.39 is 41.8 Å². The van der Waals surface area contributed by atoms with E-state index in [1.54, 1.807) is 29.1 Å². The Bertz CT molecular complexity index is 2160. The first-order valence-corrected chi connectivity index (χ1v) is 20.8. The van der Waals surface area contributed by atoms with Crippen LogP contribution in [0.25, 0.3) is 33.6 Å². The number of ether oxygens (including phenoxy) is 2. The zero-order chi connectivity index (χ0) is 42.8. The van der Waals surface area contributed by atoms with Crippen LogP contribution in [-0.2, 0) is 19.1 Å². The average molecular weight is 829 g/mol. The summed E-state index contributed by atoms with van der Waals surface area (Å²) in [7, 11) is 2.51. The lowest BCUT2D eigenvalue weighted by atomic mass is 9.78. The number of rotatable bonds is 11. The molecule has 0 radical (unpaired) electrons. The molecule has 4 N–H and O–H groups in total. The molecule has 4 amide bonds. The Morgan fingerprint density at radius 2 is 1.27 bits per heavy atom. The van der Waals surface area contributed by atoms with Crippen LogP contribution in [-0.4, -0.2) is 98.0 Å². The van der Waals surface area contributed by atoms with Crippen molar-refractivity contribution in [2.75, 3.05) is 20.8 Å². The van der Waals surface area contributed by atoms with Crippen LogP contribution in [0.3, 0.4) is 0 Å². The van der Waals surface area contributed by atoms with Gasteiger partial charge in [0.15, 0.2) is 0 Å². The van der Waals surface area contributed by atoms with Gasteiger partial charge in [-0.2, -0.15) is 0 Å². The van der Waals surface area contributed by atoms with Gasteiger partial charge in [0.2, 0.25) is 17.7 Å². The van der Waals surface area contributed by atoms with Crippen molar-refractivity contribution in [2.45, 2.75) is 114 Å². The Balaban J connectivity index is 1.04. The molecule has 4 heterocycles. The number of alkyl carbamates (subject to hydrolysis) is 2. The molecule has 320 valence electrons. The molecule has 7 rings (SSSR count). The van der Waals surface area contributed by atoms with Crippen molar-refractivity contribution in [2.24, 2.45) is 5.92 Å². The standard InChI is InChI=1S/C44H54F2N8O6/c1-6-31(51-41(57)59-4)39(55)54-35(17-18-43(54)19-21-44(45,46)22-20-43)38-48-25-33(50-38)30-15-11-28(12-16-30)27-9-13-29(14-10-27)32-24-47-37(49-32)34-8-7-23-53(34)40(56)36(26(2)3)52-42(58)60-5/h9-16,24-26,31,34-36H,6-8,17-23H2,1-5H3,(H,47,49)(H,48,50)(H,51,57)(H,52,58)/t31-,34?,35?,36-/m0/s1. The minimum Gasteiger partial charge on any atom is -0.453 e. The number of hydrogen-bond acceptors (Lipinski definition) is 8. The highest BCUT2D eigenvalue weighted by atomic mass is 19.3. The predicted molar refractivity (Wildman–Crippen MR) is 219 cm³/mol. The fourth-order valence-electron chi connectivity index (χ4n) is 9.09. The first-order chi connectivity index (χ1) is 28.8. The molecular formula is C44H54F2N8O6. The topological polar surface area (TPSA) is 175 Å². The Morgan fingerprint density at radius 3 is 1.78 bits per heavy atom. The first-order valence-electron chi connectivity index (χ1n) is 20.8. The number of likely N-dealkylation sites (tertiary alicyclic amines) is 2. The third kappa shape index (κ3) is 8.59. The van der Waals surface area contributed by atoms with Crippen molar-refractivity contribution < 1.29 is 37.4 Å². The highest BCUT2D eigenvalue weighted by Crippen LogP contribution is 2.52. The molecule has 1 saturated carbocycles. The first kappa shape index (κ1) is 42.3. The molecule has 1 aliphatic carbocycles. The second-order valence-corrected chi connectivity index (χ2v) is 16.5. The van der Waals surface area contributed by atoms with Gasteiger partial charge < -0.3 is 39.9 Å². The van der Waals surface area contributed by atoms with E-state index in [-0.39, 0.29) is 49.5 Å². The quantitative estimate of drug-likeness (QED) is 0.118. The highest BCUT2D eigenvalue weighted by Gasteiger charge is 2.55. The lowest BCUT2D eigenvalue weighted by Gasteiger charge is -2.46. The number of nitrogens with zero attached hydrogens (tertiary/aromatic N) is 4. The van der Waals surface area contributed by atoms with E-state index in [4.69, 9.17) is 14.5 Å². The van der Waals surface area contributed by atoms with Crippen LogP contribution in [0.5, 0.6) is 0 Å². The molecule has 3 fully saturated rings. The van der Waals surface area contributed by atoms with Crippen LogP contribution < -0.4 is 10.6 Å². The van der Waals surface area contributed by atoms with Crippen molar-refractivity contribution in [3.05, 3.63) is 72.6 Å². The molecular weight excluding hydrogens is 775 g/mol. The zero-order valence-corrected chi connectivity index (χ0v) is 34.7. The number of nitrogens with one attached hydrogen (secondary N) is 4. The molecule has 4 atom stereocenters. The van der Waals surface area contributed by atoms with Gasteiger partial charge in [-0.3, -0.25) is 9.59 Å². The summed E-state index contributed by atoms with van der Waals surface area (Å²) in [5.74, 6) is -2.10. The second kappa shape index (κ2) is 17.4. The largest absolute Gasteiger partial charge is 0.453 e. The molecule has 2 unspecified atom stereocenters. The predicted octanol–water partition coefficient (Wildman–Crippen LogP) is 7.92. The molecule has 3 aliphatic rings. The van der Waals surface area contributed by atoms with Crippen molar-refractivity contribution in [1.29, 1.82) is 0 Å². The van der Waals surface area contributed by atoms with Gasteiger partial charge >= 0.3 is 12.2 Å². The number of hydrogen-bond donors (Lipinski definition) is 4. The number of carbonyl (C=O) groups excluding carboxylic acids is 4. The summed E-state index contributed by atoms with van der Waals surface area (Å²) in [6, 6.07) is 13.9. The summed E-state index contributed by atoms with van der Waals surface area (Å²) >= 11 is 0. The van der Waals surface area contributed by atoms with E-state index in [2.05, 4.69) is 25.6 Å². The maximum Gasteiger partial charge on any atom is 0.407 e. The zero-order valence-electron chi connectivity index (χ0n) is 34.7. The number of benzene rings is 2. The third-order valence-electron chi connectivity index (χ3n) is 12.5. The normalized spacial score (nSPS) is 20.5. The van der Waals surface area contributed by atoms with Crippen LogP contribution in [0.15, 0.2) is 60.9 Å². The number of amides is 4. The van der Waals surface area contributed by atoms with Gasteiger partial charge in [0.05, 0.1) is 50.1 Å². The molecule has 1 spiro atoms. The number of methoxy groups -OCH3 is 2. The van der Waals surface area contributed by atoms with Crippen LogP contribution in [0.2, 0.25) is 0 Å². The Labute approximate surface area is 348 Å². The number of halogens is 2. The fourth-order valence-corrected chi connectivity index (χ4v) is 9.09. The van der Waals surface area contributed by atoms with Gasteiger partial charge in [-0.15, -0.1) is 0 Å². The highest BCUT2D eigenvalue weighted by molar-refractivity contribution is 5.87. The molecule has 0 bridgehead atoms. The van der Waals surface area contributed by atoms with Gasteiger partial charge in [-0.05, 0) is 73.1 Å². The molecule has 2 aromatic carbocycles. The Hall–Kier alpha value is -5.80. The number of aromatic amines is 2. The van der Waals surface area contributed by atoms with Gasteiger partial charge in [0.25, 0.3) is 0 Å². The van der Waals surface area contributed by atoms with E-state index in [0.29, 0.717) is 37.5 Å². The number of alkyl halides is 2. The van der Waals surface area contributed by atoms with E-state index in [1.165, 1.54) is 14.2 Å². The fraction of sp³-hybridized carbons (Fsp3) is 0.500. The molecule has 14 nitrogen and oxygen atoms in total. The summed E-state index contributed by atoms with van der Waals surface area (Å²) in [5, 5.41) is 5.32. The van der Waals surface area contributed by atoms with Crippen molar-refractivity contribution in [1.82, 2.24) is 40.4 Å². The summed E-state index contributed by atoms with van der Waals surface area (Å²) in [5.41, 5.74) is 4.68. The molecule has 4 aromatic rings. The van der Waals surface area contributed by atoms with E-state index in [9.17, 15) is 28.0 Å². The Kier molecular flexibility index (Phi) is 12.3. The van der Waals surface area contributed by atoms with Crippen LogP contribution in [0.4, 0.5) is 18.4 Å². The maximum atomic E-state index is 14.4. The van der Waals surface area contributed by atoms with Gasteiger partial charge in [0.1, 0.15) is 23.7 Å². The third-order valence-corrected chi connectivity index (χ3v) is 12.5. The number of aromatic nitrogens is 4. The lowest BCUT2D eigenvalue weighted by molar-refractivity contribution is -0.146. The van der Waals surface area contributed by atoms with Crippen LogP contribution in [0, 0.1) is 5.92 Å². The van der Waals surface area contributed by atoms with Gasteiger partial charge in [-0.1, -0.05) is 69.3 Å². The van der Waals surface area contributed by atoms with Gasteiger partial charge in [0, 0.05) is 24.9 Å². The maximum absolute atomic E-state index is 14.4. The Morgan fingerprint density at radius 1 is 0.750 bits per heavy atom. The lowest BCUT2D eigenvalue weighted by Crippen LogP contribution is -2.57. The molecule has 2 saturated heterocycles. The molecule has 16 heteroatoms. The smallest absolute Gasteiger partial charge is 0.407 e. The summed E-state index contributed by atoms with van der Waals surface area (Å²) in [4.78, 5) is 71.5. The van der Waals surface area contributed by atoms with E-state index in [1.807, 2.05) is 62.4 Å².